The van der Waals surface area contributed by atoms with Crippen molar-refractivity contribution >= 4 is 12.4 Å². The Kier molecular flexibility index (Phi) is 3.07. The molecule has 0 amide bonds. The molecule has 0 aliphatic rings. The summed E-state index contributed by atoms with van der Waals surface area (Å²) in [6, 6.07) is 9.17. The Morgan fingerprint density at radius 3 is 2.33 bits per heavy atom. The van der Waals surface area contributed by atoms with E-state index in [9.17, 15) is 4.57 Å². The maximum Gasteiger partial charge on any atom is 0.139 e. The summed E-state index contributed by atoms with van der Waals surface area (Å²) >= 11 is 0. The number of hydrogen-bond acceptors (Lipinski definition) is 2. The quantitative estimate of drug-likeness (QED) is 0.725. The average molecular weight is 184 g/mol. The molecule has 0 fully saturated rings. The smallest absolute Gasteiger partial charge is 0.139 e. The van der Waals surface area contributed by atoms with Crippen molar-refractivity contribution in [2.75, 3.05) is 12.5 Å². The van der Waals surface area contributed by atoms with Gasteiger partial charge in [-0.05, 0) is 0 Å². The molecule has 0 aromatic heterocycles. The summed E-state index contributed by atoms with van der Waals surface area (Å²) in [5.74, 6) is 0. The molecule has 1 aromatic rings. The molecule has 0 bridgehead atoms. The van der Waals surface area contributed by atoms with Crippen molar-refractivity contribution in [3.05, 3.63) is 30.3 Å². The van der Waals surface area contributed by atoms with E-state index in [1.54, 1.807) is 12.1 Å². The summed E-state index contributed by atoms with van der Waals surface area (Å²) in [4.78, 5) is 0. The molecule has 2 nitrogen and oxygen atoms in total. The van der Waals surface area contributed by atoms with E-state index in [2.05, 4.69) is 0 Å². The van der Waals surface area contributed by atoms with E-state index in [1.807, 2.05) is 25.1 Å². The van der Waals surface area contributed by atoms with Gasteiger partial charge in [-0.25, -0.2) is 0 Å². The fraction of sp³-hybridized carbons (Fsp3) is 0.333. The molecule has 0 heterocycles. The van der Waals surface area contributed by atoms with Crippen LogP contribution in [0.4, 0.5) is 0 Å². The van der Waals surface area contributed by atoms with E-state index in [4.69, 9.17) is 5.11 Å². The van der Waals surface area contributed by atoms with Crippen LogP contribution in [0.1, 0.15) is 6.92 Å². The molecule has 0 saturated carbocycles. The van der Waals surface area contributed by atoms with Gasteiger partial charge in [0.2, 0.25) is 0 Å². The molecule has 1 N–H and O–H groups in total. The van der Waals surface area contributed by atoms with Crippen LogP contribution in [0.25, 0.3) is 0 Å². The van der Waals surface area contributed by atoms with Gasteiger partial charge in [-0.3, -0.25) is 0 Å². The van der Waals surface area contributed by atoms with Crippen LogP contribution in [-0.4, -0.2) is 17.6 Å². The first kappa shape index (κ1) is 9.50. The Hall–Kier alpha value is -0.590. The van der Waals surface area contributed by atoms with E-state index >= 15 is 0 Å². The average Bonchev–Trinajstić information content (AvgIpc) is 2.18. The van der Waals surface area contributed by atoms with Gasteiger partial charge in [0.1, 0.15) is 13.5 Å². The third kappa shape index (κ3) is 1.77. The zero-order valence-electron chi connectivity index (χ0n) is 7.10. The monoisotopic (exact) mass is 184 g/mol. The van der Waals surface area contributed by atoms with Crippen molar-refractivity contribution < 1.29 is 9.67 Å². The zero-order valence-corrected chi connectivity index (χ0v) is 8.00. The molecule has 0 aliphatic carbocycles. The van der Waals surface area contributed by atoms with Crippen molar-refractivity contribution in [3.8, 4) is 0 Å². The largest absolute Gasteiger partial charge is 0.388 e. The second kappa shape index (κ2) is 3.88. The molecule has 0 unspecified atom stereocenters. The van der Waals surface area contributed by atoms with Crippen molar-refractivity contribution in [1.29, 1.82) is 0 Å². The molecule has 0 aliphatic heterocycles. The highest BCUT2D eigenvalue weighted by atomic mass is 31.2. The third-order valence-electron chi connectivity index (χ3n) is 1.97. The Morgan fingerprint density at radius 1 is 1.33 bits per heavy atom. The standard InChI is InChI=1S/C9H13O2P/c1-2-12(11,8-10)9-6-4-3-5-7-9/h3-7,10H,2,8H2,1H3/t12-/m1/s1. The van der Waals surface area contributed by atoms with E-state index in [-0.39, 0.29) is 6.35 Å². The summed E-state index contributed by atoms with van der Waals surface area (Å²) in [7, 11) is -2.48. The third-order valence-corrected chi connectivity index (χ3v) is 4.68. The first-order valence-electron chi connectivity index (χ1n) is 3.97. The van der Waals surface area contributed by atoms with Crippen LogP contribution in [-0.2, 0) is 4.57 Å². The molecule has 0 radical (unpaired) electrons. The summed E-state index contributed by atoms with van der Waals surface area (Å²) in [5, 5.41) is 9.75. The van der Waals surface area contributed by atoms with E-state index in [0.29, 0.717) is 6.16 Å². The van der Waals surface area contributed by atoms with Gasteiger partial charge in [-0.2, -0.15) is 0 Å². The van der Waals surface area contributed by atoms with Gasteiger partial charge in [0, 0.05) is 11.5 Å². The van der Waals surface area contributed by atoms with Gasteiger partial charge in [0.15, 0.2) is 0 Å². The topological polar surface area (TPSA) is 37.3 Å². The number of rotatable bonds is 3. The maximum atomic E-state index is 11.9. The first-order valence-corrected chi connectivity index (χ1v) is 6.05. The van der Waals surface area contributed by atoms with Crippen LogP contribution in [0, 0.1) is 0 Å². The summed E-state index contributed by atoms with van der Waals surface area (Å²) in [5.41, 5.74) is 0. The highest BCUT2D eigenvalue weighted by Crippen LogP contribution is 2.42. The van der Waals surface area contributed by atoms with E-state index < -0.39 is 7.14 Å². The lowest BCUT2D eigenvalue weighted by Gasteiger charge is -2.12. The minimum atomic E-state index is -2.48. The van der Waals surface area contributed by atoms with Crippen LogP contribution >= 0.6 is 7.14 Å². The normalized spacial score (nSPS) is 15.5. The lowest BCUT2D eigenvalue weighted by molar-refractivity contribution is 0.360. The molecule has 12 heavy (non-hydrogen) atoms. The fourth-order valence-corrected chi connectivity index (χ4v) is 2.51. The lowest BCUT2D eigenvalue weighted by Crippen LogP contribution is -2.08. The Labute approximate surface area is 72.6 Å². The molecule has 1 aromatic carbocycles. The van der Waals surface area contributed by atoms with Gasteiger partial charge >= 0.3 is 0 Å². The first-order chi connectivity index (χ1) is 5.73. The number of aliphatic hydroxyl groups is 1. The van der Waals surface area contributed by atoms with Crippen LogP contribution in [0.15, 0.2) is 30.3 Å². The Morgan fingerprint density at radius 2 is 1.92 bits per heavy atom. The highest BCUT2D eigenvalue weighted by molar-refractivity contribution is 7.71. The molecule has 1 rings (SSSR count). The predicted molar refractivity (Wildman–Crippen MR) is 51.3 cm³/mol. The minimum absolute atomic E-state index is 0.229. The van der Waals surface area contributed by atoms with Gasteiger partial charge in [-0.15, -0.1) is 0 Å². The summed E-state index contributed by atoms with van der Waals surface area (Å²) in [6.07, 6.45) is 0.293. The van der Waals surface area contributed by atoms with Gasteiger partial charge in [0.25, 0.3) is 0 Å². The molecular formula is C9H13O2P. The maximum absolute atomic E-state index is 11.9. The van der Waals surface area contributed by atoms with Crippen LogP contribution in [0.5, 0.6) is 0 Å². The van der Waals surface area contributed by atoms with E-state index in [0.717, 1.165) is 5.30 Å². The second-order valence-corrected chi connectivity index (χ2v) is 5.89. The fourth-order valence-electron chi connectivity index (χ4n) is 1.06. The van der Waals surface area contributed by atoms with Crippen molar-refractivity contribution in [2.24, 2.45) is 0 Å². The van der Waals surface area contributed by atoms with Gasteiger partial charge in [-0.1, -0.05) is 37.3 Å². The molecule has 3 heteroatoms. The van der Waals surface area contributed by atoms with Crippen LogP contribution < -0.4 is 5.30 Å². The number of hydrogen-bond donors (Lipinski definition) is 1. The summed E-state index contributed by atoms with van der Waals surface area (Å²) < 4.78 is 11.9. The summed E-state index contributed by atoms with van der Waals surface area (Å²) in [6.45, 7) is 1.84. The highest BCUT2D eigenvalue weighted by Gasteiger charge is 2.19. The minimum Gasteiger partial charge on any atom is -0.388 e. The van der Waals surface area contributed by atoms with Crippen molar-refractivity contribution in [2.45, 2.75) is 6.92 Å². The van der Waals surface area contributed by atoms with Crippen molar-refractivity contribution in [1.82, 2.24) is 0 Å². The lowest BCUT2D eigenvalue weighted by atomic mass is 10.4. The molecular weight excluding hydrogens is 171 g/mol. The van der Waals surface area contributed by atoms with E-state index in [1.165, 1.54) is 0 Å². The SMILES string of the molecule is CC[P@@](=O)(CO)c1ccccc1. The number of benzene rings is 1. The molecule has 0 spiro atoms. The number of aliphatic hydroxyl groups excluding tert-OH is 1. The molecule has 66 valence electrons. The second-order valence-electron chi connectivity index (χ2n) is 2.68. The molecule has 1 atom stereocenters. The van der Waals surface area contributed by atoms with Crippen LogP contribution in [0.3, 0.4) is 0 Å². The predicted octanol–water partition coefficient (Wildman–Crippen LogP) is 1.64. The van der Waals surface area contributed by atoms with Gasteiger partial charge in [0.05, 0.1) is 0 Å². The van der Waals surface area contributed by atoms with Crippen LogP contribution in [0.2, 0.25) is 0 Å². The Balaban J connectivity index is 3.04. The van der Waals surface area contributed by atoms with Gasteiger partial charge < -0.3 is 9.67 Å². The van der Waals surface area contributed by atoms with Crippen molar-refractivity contribution in [3.63, 3.8) is 0 Å². The molecule has 0 saturated heterocycles. The Bertz CT molecular complexity index is 274. The zero-order chi connectivity index (χ0) is 9.03.